The van der Waals surface area contributed by atoms with Gasteiger partial charge in [-0.15, -0.1) is 11.3 Å². The maximum absolute atomic E-state index is 12.3. The van der Waals surface area contributed by atoms with Gasteiger partial charge in [-0.05, 0) is 35.7 Å². The van der Waals surface area contributed by atoms with Gasteiger partial charge < -0.3 is 10.1 Å². The predicted molar refractivity (Wildman–Crippen MR) is 107 cm³/mol. The second-order valence-corrected chi connectivity index (χ2v) is 7.54. The van der Waals surface area contributed by atoms with Gasteiger partial charge in [-0.3, -0.25) is 4.79 Å². The number of benzene rings is 2. The maximum atomic E-state index is 12.3. The lowest BCUT2D eigenvalue weighted by Crippen LogP contribution is -2.30. The molecular formula is C22H23NO2S. The molecule has 0 aliphatic heterocycles. The van der Waals surface area contributed by atoms with E-state index in [0.717, 1.165) is 16.0 Å². The average molecular weight is 365 g/mol. The first-order valence-electron chi connectivity index (χ1n) is 8.66. The molecule has 1 aromatic heterocycles. The Bertz CT molecular complexity index is 840. The lowest BCUT2D eigenvalue weighted by atomic mass is 10.0. The van der Waals surface area contributed by atoms with Crippen molar-refractivity contribution in [3.63, 3.8) is 0 Å². The van der Waals surface area contributed by atoms with Crippen molar-refractivity contribution in [2.45, 2.75) is 19.4 Å². The molecule has 1 unspecified atom stereocenters. The Labute approximate surface area is 158 Å². The van der Waals surface area contributed by atoms with Crippen LogP contribution >= 0.6 is 11.3 Å². The lowest BCUT2D eigenvalue weighted by molar-refractivity contribution is -0.121. The zero-order valence-electron chi connectivity index (χ0n) is 15.1. The molecular weight excluding hydrogens is 342 g/mol. The van der Waals surface area contributed by atoms with Crippen molar-refractivity contribution in [2.24, 2.45) is 0 Å². The van der Waals surface area contributed by atoms with Gasteiger partial charge in [0.15, 0.2) is 0 Å². The first-order valence-corrected chi connectivity index (χ1v) is 9.47. The molecule has 0 fully saturated rings. The Morgan fingerprint density at radius 2 is 1.69 bits per heavy atom. The van der Waals surface area contributed by atoms with E-state index in [1.54, 1.807) is 18.4 Å². The molecule has 1 heterocycles. The summed E-state index contributed by atoms with van der Waals surface area (Å²) in [7, 11) is 1.67. The van der Waals surface area contributed by atoms with Crippen molar-refractivity contribution in [1.82, 2.24) is 5.32 Å². The van der Waals surface area contributed by atoms with Crippen LogP contribution in [0.4, 0.5) is 0 Å². The van der Waals surface area contributed by atoms with Gasteiger partial charge in [-0.1, -0.05) is 54.6 Å². The number of nitrogens with one attached hydrogen (secondary N) is 1. The molecule has 3 rings (SSSR count). The van der Waals surface area contributed by atoms with E-state index in [1.807, 2.05) is 30.3 Å². The van der Waals surface area contributed by atoms with Gasteiger partial charge in [-0.2, -0.15) is 0 Å². The number of ether oxygens (including phenoxy) is 1. The van der Waals surface area contributed by atoms with Gasteiger partial charge in [-0.25, -0.2) is 0 Å². The minimum absolute atomic E-state index is 0.00721. The first kappa shape index (κ1) is 18.4. The third-order valence-corrected chi connectivity index (χ3v) is 5.37. The maximum Gasteiger partial charge on any atom is 0.224 e. The second-order valence-electron chi connectivity index (χ2n) is 6.22. The highest BCUT2D eigenvalue weighted by Crippen LogP contribution is 2.24. The Balaban J connectivity index is 1.54. The topological polar surface area (TPSA) is 38.3 Å². The number of hydrogen-bond acceptors (Lipinski definition) is 3. The van der Waals surface area contributed by atoms with Crippen LogP contribution in [0.2, 0.25) is 0 Å². The number of methoxy groups -OCH3 is 1. The molecule has 1 N–H and O–H groups in total. The SMILES string of the molecule is COC(CNC(=O)Cc1ccc(-c2ccccc2)cc1)c1ccc(C)s1. The van der Waals surface area contributed by atoms with Gasteiger partial charge in [0.05, 0.1) is 6.42 Å². The first-order chi connectivity index (χ1) is 12.7. The highest BCUT2D eigenvalue weighted by molar-refractivity contribution is 7.12. The van der Waals surface area contributed by atoms with E-state index in [2.05, 4.69) is 48.6 Å². The number of amides is 1. The Morgan fingerprint density at radius 1 is 1.00 bits per heavy atom. The Kier molecular flexibility index (Phi) is 6.21. The fourth-order valence-corrected chi connectivity index (χ4v) is 3.78. The van der Waals surface area contributed by atoms with Crippen LogP contribution in [0.25, 0.3) is 11.1 Å². The van der Waals surface area contributed by atoms with Crippen molar-refractivity contribution in [3.8, 4) is 11.1 Å². The molecule has 26 heavy (non-hydrogen) atoms. The van der Waals surface area contributed by atoms with Crippen LogP contribution in [0.5, 0.6) is 0 Å². The zero-order chi connectivity index (χ0) is 18.4. The molecule has 0 aliphatic carbocycles. The number of carbonyl (C=O) groups is 1. The highest BCUT2D eigenvalue weighted by Gasteiger charge is 2.14. The van der Waals surface area contributed by atoms with Crippen LogP contribution in [-0.4, -0.2) is 19.6 Å². The fraction of sp³-hybridized carbons (Fsp3) is 0.227. The molecule has 134 valence electrons. The quantitative estimate of drug-likeness (QED) is 0.655. The monoisotopic (exact) mass is 365 g/mol. The summed E-state index contributed by atoms with van der Waals surface area (Å²) in [5.41, 5.74) is 3.34. The molecule has 0 radical (unpaired) electrons. The van der Waals surface area contributed by atoms with E-state index in [4.69, 9.17) is 4.74 Å². The van der Waals surface area contributed by atoms with Gasteiger partial charge >= 0.3 is 0 Å². The number of thiophene rings is 1. The molecule has 4 heteroatoms. The summed E-state index contributed by atoms with van der Waals surface area (Å²) in [6, 6.07) is 22.5. The third-order valence-electron chi connectivity index (χ3n) is 4.27. The summed E-state index contributed by atoms with van der Waals surface area (Å²) in [6.45, 7) is 2.55. The normalized spacial score (nSPS) is 11.9. The van der Waals surface area contributed by atoms with Crippen molar-refractivity contribution in [1.29, 1.82) is 0 Å². The molecule has 1 amide bonds. The number of aryl methyl sites for hydroxylation is 1. The van der Waals surface area contributed by atoms with E-state index in [1.165, 1.54) is 10.4 Å². The van der Waals surface area contributed by atoms with Crippen LogP contribution in [0.15, 0.2) is 66.7 Å². The van der Waals surface area contributed by atoms with E-state index in [9.17, 15) is 4.79 Å². The molecule has 3 nitrogen and oxygen atoms in total. The molecule has 1 atom stereocenters. The summed E-state index contributed by atoms with van der Waals surface area (Å²) in [4.78, 5) is 14.6. The molecule has 0 saturated carbocycles. The van der Waals surface area contributed by atoms with Crippen LogP contribution < -0.4 is 5.32 Å². The van der Waals surface area contributed by atoms with E-state index in [0.29, 0.717) is 13.0 Å². The molecule has 0 aliphatic rings. The summed E-state index contributed by atoms with van der Waals surface area (Å²) in [5.74, 6) is 0.00721. The van der Waals surface area contributed by atoms with Crippen molar-refractivity contribution in [2.75, 3.05) is 13.7 Å². The van der Waals surface area contributed by atoms with Crippen molar-refractivity contribution < 1.29 is 9.53 Å². The van der Waals surface area contributed by atoms with Crippen LogP contribution in [0, 0.1) is 6.92 Å². The molecule has 0 bridgehead atoms. The molecule has 0 spiro atoms. The number of carbonyl (C=O) groups excluding carboxylic acids is 1. The molecule has 0 saturated heterocycles. The Morgan fingerprint density at radius 3 is 2.31 bits per heavy atom. The average Bonchev–Trinajstić information content (AvgIpc) is 3.10. The smallest absolute Gasteiger partial charge is 0.224 e. The fourth-order valence-electron chi connectivity index (χ4n) is 2.83. The summed E-state index contributed by atoms with van der Waals surface area (Å²) < 4.78 is 5.51. The largest absolute Gasteiger partial charge is 0.374 e. The standard InChI is InChI=1S/C22H23NO2S/c1-16-8-13-21(26-16)20(25-2)15-23-22(24)14-17-9-11-19(12-10-17)18-6-4-3-5-7-18/h3-13,20H,14-15H2,1-2H3,(H,23,24). The van der Waals surface area contributed by atoms with E-state index >= 15 is 0 Å². The van der Waals surface area contributed by atoms with Gasteiger partial charge in [0.25, 0.3) is 0 Å². The van der Waals surface area contributed by atoms with Crippen molar-refractivity contribution >= 4 is 17.2 Å². The minimum Gasteiger partial charge on any atom is -0.374 e. The molecule has 3 aromatic rings. The van der Waals surface area contributed by atoms with Gasteiger partial charge in [0, 0.05) is 23.4 Å². The van der Waals surface area contributed by atoms with Gasteiger partial charge in [0.1, 0.15) is 6.10 Å². The van der Waals surface area contributed by atoms with Gasteiger partial charge in [0.2, 0.25) is 5.91 Å². The lowest BCUT2D eigenvalue weighted by Gasteiger charge is -2.14. The number of hydrogen-bond donors (Lipinski definition) is 1. The molecule has 2 aromatic carbocycles. The van der Waals surface area contributed by atoms with Crippen LogP contribution in [0.1, 0.15) is 21.4 Å². The van der Waals surface area contributed by atoms with E-state index in [-0.39, 0.29) is 12.0 Å². The summed E-state index contributed by atoms with van der Waals surface area (Å²) in [6.07, 6.45) is 0.271. The van der Waals surface area contributed by atoms with Crippen molar-refractivity contribution in [3.05, 3.63) is 82.0 Å². The minimum atomic E-state index is -0.0990. The highest BCUT2D eigenvalue weighted by atomic mass is 32.1. The number of rotatable bonds is 7. The predicted octanol–water partition coefficient (Wildman–Crippen LogP) is 4.77. The van der Waals surface area contributed by atoms with Crippen LogP contribution in [-0.2, 0) is 16.0 Å². The van der Waals surface area contributed by atoms with Crippen LogP contribution in [0.3, 0.4) is 0 Å². The Hall–Kier alpha value is -2.43. The zero-order valence-corrected chi connectivity index (χ0v) is 15.9. The third kappa shape index (κ3) is 4.81. The second kappa shape index (κ2) is 8.79. The summed E-state index contributed by atoms with van der Waals surface area (Å²) >= 11 is 1.70. The summed E-state index contributed by atoms with van der Waals surface area (Å²) in [5, 5.41) is 2.98. The van der Waals surface area contributed by atoms with E-state index < -0.39 is 0 Å².